The van der Waals surface area contributed by atoms with Gasteiger partial charge < -0.3 is 4.74 Å². The van der Waals surface area contributed by atoms with Crippen LogP contribution in [0, 0.1) is 5.82 Å². The normalized spacial score (nSPS) is 13.6. The summed E-state index contributed by atoms with van der Waals surface area (Å²) in [7, 11) is 0. The number of nitrogens with zero attached hydrogens (tertiary/aromatic N) is 2. The second-order valence-corrected chi connectivity index (χ2v) is 7.41. The van der Waals surface area contributed by atoms with Gasteiger partial charge in [0.05, 0.1) is 12.1 Å². The number of hydrogen-bond donors (Lipinski definition) is 0. The van der Waals surface area contributed by atoms with Gasteiger partial charge in [-0.25, -0.2) is 9.37 Å². The number of rotatable bonds is 4. The number of carbonyl (C=O) groups is 1. The van der Waals surface area contributed by atoms with Crippen LogP contribution in [0.2, 0.25) is 0 Å². The highest BCUT2D eigenvalue weighted by molar-refractivity contribution is 7.17. The van der Waals surface area contributed by atoms with Crippen LogP contribution in [0.1, 0.15) is 34.7 Å². The molecular formula is C19H17FN2O3S. The Hall–Kier alpha value is -2.54. The fourth-order valence-corrected chi connectivity index (χ4v) is 4.42. The highest BCUT2D eigenvalue weighted by Gasteiger charge is 2.18. The third-order valence-corrected chi connectivity index (χ3v) is 5.60. The number of aryl methyl sites for hydroxylation is 2. The van der Waals surface area contributed by atoms with Crippen LogP contribution in [-0.2, 0) is 35.4 Å². The van der Waals surface area contributed by atoms with Crippen LogP contribution in [0.15, 0.2) is 35.1 Å². The van der Waals surface area contributed by atoms with Gasteiger partial charge in [0.25, 0.3) is 5.56 Å². The lowest BCUT2D eigenvalue weighted by Crippen LogP contribution is -2.19. The summed E-state index contributed by atoms with van der Waals surface area (Å²) in [4.78, 5) is 30.8. The van der Waals surface area contributed by atoms with E-state index in [1.807, 2.05) is 0 Å². The topological polar surface area (TPSA) is 60.7 Å². The summed E-state index contributed by atoms with van der Waals surface area (Å²) in [5, 5.41) is 0. The van der Waals surface area contributed by atoms with E-state index < -0.39 is 5.97 Å². The lowest BCUT2D eigenvalue weighted by molar-refractivity contribution is -0.144. The van der Waals surface area contributed by atoms with Gasteiger partial charge in [-0.1, -0.05) is 12.1 Å². The minimum Gasteiger partial charge on any atom is -0.459 e. The minimum absolute atomic E-state index is 0.0473. The van der Waals surface area contributed by atoms with Crippen LogP contribution in [0.25, 0.3) is 4.96 Å². The Morgan fingerprint density at radius 3 is 2.81 bits per heavy atom. The van der Waals surface area contributed by atoms with Gasteiger partial charge in [0.2, 0.25) is 0 Å². The van der Waals surface area contributed by atoms with Gasteiger partial charge in [0, 0.05) is 16.6 Å². The second kappa shape index (κ2) is 6.99. The number of aromatic nitrogens is 2. The van der Waals surface area contributed by atoms with E-state index in [9.17, 15) is 14.0 Å². The summed E-state index contributed by atoms with van der Waals surface area (Å²) in [5.74, 6) is -0.789. The largest absolute Gasteiger partial charge is 0.459 e. The molecule has 134 valence electrons. The average Bonchev–Trinajstić information content (AvgIpc) is 3.01. The monoisotopic (exact) mass is 372 g/mol. The minimum atomic E-state index is -0.441. The van der Waals surface area contributed by atoms with E-state index in [0.717, 1.165) is 31.4 Å². The van der Waals surface area contributed by atoms with Crippen molar-refractivity contribution in [1.29, 1.82) is 0 Å². The van der Waals surface area contributed by atoms with Crippen LogP contribution >= 0.6 is 11.3 Å². The maximum absolute atomic E-state index is 12.9. The van der Waals surface area contributed by atoms with E-state index in [1.54, 1.807) is 27.9 Å². The lowest BCUT2D eigenvalue weighted by Gasteiger charge is -2.10. The van der Waals surface area contributed by atoms with Gasteiger partial charge >= 0.3 is 5.97 Å². The molecule has 0 saturated carbocycles. The molecule has 3 aromatic rings. The molecule has 2 aromatic heterocycles. The summed E-state index contributed by atoms with van der Waals surface area (Å²) in [6.07, 6.45) is 4.18. The van der Waals surface area contributed by atoms with E-state index in [4.69, 9.17) is 4.74 Å². The number of thiazole rings is 1. The zero-order valence-corrected chi connectivity index (χ0v) is 14.9. The Morgan fingerprint density at radius 1 is 1.23 bits per heavy atom. The Morgan fingerprint density at radius 2 is 2.00 bits per heavy atom. The van der Waals surface area contributed by atoms with Crippen LogP contribution < -0.4 is 5.56 Å². The maximum atomic E-state index is 12.9. The molecule has 0 spiro atoms. The molecule has 1 aliphatic carbocycles. The standard InChI is InChI=1S/C19H17FN2O3S/c20-13-7-5-12(6-8-13)9-18(24)25-11-14-10-17(23)22-15-3-1-2-4-16(15)26-19(22)21-14/h5-8,10H,1-4,9,11H2. The number of halogens is 1. The van der Waals surface area contributed by atoms with Crippen molar-refractivity contribution in [3.05, 3.63) is 68.3 Å². The fourth-order valence-electron chi connectivity index (χ4n) is 3.19. The molecule has 0 bridgehead atoms. The third kappa shape index (κ3) is 3.39. The SMILES string of the molecule is O=C(Cc1ccc(F)cc1)OCc1cc(=O)n2c3c(sc2n1)CCCC3. The first-order valence-electron chi connectivity index (χ1n) is 8.53. The Balaban J connectivity index is 1.48. The molecule has 0 fully saturated rings. The first kappa shape index (κ1) is 16.9. The number of esters is 1. The van der Waals surface area contributed by atoms with Crippen molar-refractivity contribution in [3.8, 4) is 0 Å². The molecule has 7 heteroatoms. The van der Waals surface area contributed by atoms with Crippen LogP contribution in [0.5, 0.6) is 0 Å². The van der Waals surface area contributed by atoms with E-state index in [0.29, 0.717) is 16.2 Å². The molecule has 0 aliphatic heterocycles. The molecule has 0 saturated heterocycles. The van der Waals surface area contributed by atoms with Crippen molar-refractivity contribution in [2.24, 2.45) is 0 Å². The van der Waals surface area contributed by atoms with Crippen molar-refractivity contribution in [2.45, 2.75) is 38.7 Å². The van der Waals surface area contributed by atoms with Gasteiger partial charge in [-0.05, 0) is 43.4 Å². The van der Waals surface area contributed by atoms with Crippen LogP contribution in [-0.4, -0.2) is 15.4 Å². The third-order valence-electron chi connectivity index (χ3n) is 4.46. The molecule has 1 aliphatic rings. The van der Waals surface area contributed by atoms with Gasteiger partial charge in [0.1, 0.15) is 12.4 Å². The maximum Gasteiger partial charge on any atom is 0.310 e. The Kier molecular flexibility index (Phi) is 4.55. The molecule has 5 nitrogen and oxygen atoms in total. The molecule has 0 radical (unpaired) electrons. The number of carbonyl (C=O) groups excluding carboxylic acids is 1. The highest BCUT2D eigenvalue weighted by atomic mass is 32.1. The zero-order valence-electron chi connectivity index (χ0n) is 14.0. The van der Waals surface area contributed by atoms with E-state index in [-0.39, 0.29) is 24.4 Å². The number of benzene rings is 1. The Bertz CT molecular complexity index is 1020. The van der Waals surface area contributed by atoms with E-state index in [1.165, 1.54) is 23.1 Å². The Labute approximate surface area is 153 Å². The van der Waals surface area contributed by atoms with Crippen molar-refractivity contribution in [2.75, 3.05) is 0 Å². The number of hydrogen-bond acceptors (Lipinski definition) is 5. The summed E-state index contributed by atoms with van der Waals surface area (Å²) >= 11 is 1.54. The molecular weight excluding hydrogens is 355 g/mol. The van der Waals surface area contributed by atoms with Crippen molar-refractivity contribution >= 4 is 22.3 Å². The van der Waals surface area contributed by atoms with Crippen molar-refractivity contribution in [1.82, 2.24) is 9.38 Å². The number of ether oxygens (including phenoxy) is 1. The zero-order chi connectivity index (χ0) is 18.1. The first-order valence-corrected chi connectivity index (χ1v) is 9.35. The van der Waals surface area contributed by atoms with Gasteiger partial charge in [0.15, 0.2) is 4.96 Å². The van der Waals surface area contributed by atoms with E-state index in [2.05, 4.69) is 4.98 Å². The van der Waals surface area contributed by atoms with Gasteiger partial charge in [-0.3, -0.25) is 14.0 Å². The molecule has 4 rings (SSSR count). The van der Waals surface area contributed by atoms with Gasteiger partial charge in [-0.15, -0.1) is 11.3 Å². The predicted octanol–water partition coefficient (Wildman–Crippen LogP) is 3.06. The summed E-state index contributed by atoms with van der Waals surface area (Å²) in [5.41, 5.74) is 2.07. The molecule has 2 heterocycles. The molecule has 0 atom stereocenters. The lowest BCUT2D eigenvalue weighted by atomic mass is 10.0. The molecule has 0 unspecified atom stereocenters. The first-order chi connectivity index (χ1) is 12.6. The summed E-state index contributed by atoms with van der Waals surface area (Å²) in [6.45, 7) is -0.0473. The second-order valence-electron chi connectivity index (χ2n) is 6.35. The molecule has 0 N–H and O–H groups in total. The predicted molar refractivity (Wildman–Crippen MR) is 95.9 cm³/mol. The van der Waals surface area contributed by atoms with E-state index >= 15 is 0 Å². The molecule has 1 aromatic carbocycles. The highest BCUT2D eigenvalue weighted by Crippen LogP contribution is 2.28. The van der Waals surface area contributed by atoms with Crippen LogP contribution in [0.3, 0.4) is 0 Å². The summed E-state index contributed by atoms with van der Waals surface area (Å²) in [6, 6.07) is 7.13. The van der Waals surface area contributed by atoms with Crippen molar-refractivity contribution < 1.29 is 13.9 Å². The fraction of sp³-hybridized carbons (Fsp3) is 0.316. The van der Waals surface area contributed by atoms with Crippen molar-refractivity contribution in [3.63, 3.8) is 0 Å². The quantitative estimate of drug-likeness (QED) is 0.661. The molecule has 26 heavy (non-hydrogen) atoms. The number of fused-ring (bicyclic) bond motifs is 3. The van der Waals surface area contributed by atoms with Gasteiger partial charge in [-0.2, -0.15) is 0 Å². The molecule has 0 amide bonds. The smallest absolute Gasteiger partial charge is 0.310 e. The van der Waals surface area contributed by atoms with Crippen LogP contribution in [0.4, 0.5) is 4.39 Å². The average molecular weight is 372 g/mol. The summed E-state index contributed by atoms with van der Waals surface area (Å²) < 4.78 is 19.8.